The van der Waals surface area contributed by atoms with Crippen LogP contribution in [-0.4, -0.2) is 39.8 Å². The second-order valence-corrected chi connectivity index (χ2v) is 7.68. The first kappa shape index (κ1) is 16.8. The van der Waals surface area contributed by atoms with Crippen LogP contribution in [0.4, 0.5) is 0 Å². The lowest BCUT2D eigenvalue weighted by Gasteiger charge is -2.26. The molecule has 1 amide bonds. The number of likely N-dealkylation sites (tertiary alicyclic amines) is 1. The van der Waals surface area contributed by atoms with Gasteiger partial charge >= 0.3 is 0 Å². The summed E-state index contributed by atoms with van der Waals surface area (Å²) in [5, 5.41) is 4.56. The van der Waals surface area contributed by atoms with Gasteiger partial charge in [-0.3, -0.25) is 9.59 Å². The highest BCUT2D eigenvalue weighted by atomic mass is 16.5. The first-order valence-corrected chi connectivity index (χ1v) is 9.68. The van der Waals surface area contributed by atoms with E-state index < -0.39 is 0 Å². The molecule has 3 heterocycles. The number of amides is 1. The summed E-state index contributed by atoms with van der Waals surface area (Å²) >= 11 is 0. The minimum atomic E-state index is -0.0839. The van der Waals surface area contributed by atoms with Gasteiger partial charge in [-0.2, -0.15) is 5.10 Å². The molecule has 1 aromatic rings. The second-order valence-electron chi connectivity index (χ2n) is 7.68. The van der Waals surface area contributed by atoms with Crippen LogP contribution in [0.5, 0.6) is 0 Å². The molecule has 3 aliphatic rings. The van der Waals surface area contributed by atoms with Crippen molar-refractivity contribution in [3.63, 3.8) is 0 Å². The van der Waals surface area contributed by atoms with Gasteiger partial charge in [0.1, 0.15) is 0 Å². The molecule has 2 fully saturated rings. The molecule has 1 saturated heterocycles. The van der Waals surface area contributed by atoms with E-state index in [1.165, 1.54) is 25.7 Å². The van der Waals surface area contributed by atoms with Crippen LogP contribution in [0.3, 0.4) is 0 Å². The van der Waals surface area contributed by atoms with E-state index in [-0.39, 0.29) is 17.5 Å². The SMILES string of the molecule is O=C(CC1CCCC1)N1CCCC1Cn1nc2c(cc1=O)COCC2. The molecule has 1 aromatic heterocycles. The summed E-state index contributed by atoms with van der Waals surface area (Å²) < 4.78 is 6.96. The summed E-state index contributed by atoms with van der Waals surface area (Å²) in [6, 6.07) is 1.76. The van der Waals surface area contributed by atoms with Crippen LogP contribution in [-0.2, 0) is 29.1 Å². The predicted octanol–water partition coefficient (Wildman–Crippen LogP) is 1.89. The van der Waals surface area contributed by atoms with Crippen molar-refractivity contribution in [2.24, 2.45) is 5.92 Å². The fourth-order valence-corrected chi connectivity index (χ4v) is 4.52. The zero-order chi connectivity index (χ0) is 17.2. The number of carbonyl (C=O) groups excluding carboxylic acids is 1. The van der Waals surface area contributed by atoms with E-state index in [0.717, 1.165) is 37.1 Å². The minimum absolute atomic E-state index is 0.0839. The molecule has 0 spiro atoms. The summed E-state index contributed by atoms with van der Waals surface area (Å²) in [7, 11) is 0. The highest BCUT2D eigenvalue weighted by Gasteiger charge is 2.31. The van der Waals surface area contributed by atoms with E-state index in [9.17, 15) is 9.59 Å². The molecule has 0 bridgehead atoms. The van der Waals surface area contributed by atoms with Crippen LogP contribution in [0.15, 0.2) is 10.9 Å². The molecule has 1 atom stereocenters. The monoisotopic (exact) mass is 345 g/mol. The van der Waals surface area contributed by atoms with Crippen molar-refractivity contribution in [1.29, 1.82) is 0 Å². The molecule has 136 valence electrons. The number of hydrogen-bond donors (Lipinski definition) is 0. The Balaban J connectivity index is 1.46. The van der Waals surface area contributed by atoms with E-state index in [2.05, 4.69) is 5.10 Å². The zero-order valence-electron chi connectivity index (χ0n) is 14.8. The first-order chi connectivity index (χ1) is 12.2. The third kappa shape index (κ3) is 3.64. The molecular weight excluding hydrogens is 318 g/mol. The Labute approximate surface area is 148 Å². The number of fused-ring (bicyclic) bond motifs is 1. The topological polar surface area (TPSA) is 64.4 Å². The molecule has 25 heavy (non-hydrogen) atoms. The van der Waals surface area contributed by atoms with Crippen LogP contribution in [0.1, 0.15) is 56.2 Å². The molecule has 6 nitrogen and oxygen atoms in total. The van der Waals surface area contributed by atoms with Gasteiger partial charge in [-0.15, -0.1) is 0 Å². The van der Waals surface area contributed by atoms with Gasteiger partial charge in [0, 0.05) is 31.0 Å². The average Bonchev–Trinajstić information content (AvgIpc) is 3.27. The number of ether oxygens (including phenoxy) is 1. The van der Waals surface area contributed by atoms with E-state index >= 15 is 0 Å². The van der Waals surface area contributed by atoms with Crippen molar-refractivity contribution in [3.05, 3.63) is 27.7 Å². The van der Waals surface area contributed by atoms with Crippen molar-refractivity contribution in [1.82, 2.24) is 14.7 Å². The Bertz CT molecular complexity index is 694. The molecule has 0 radical (unpaired) electrons. The number of hydrogen-bond acceptors (Lipinski definition) is 4. The van der Waals surface area contributed by atoms with Crippen LogP contribution in [0.2, 0.25) is 0 Å². The van der Waals surface area contributed by atoms with Crippen molar-refractivity contribution in [2.45, 2.75) is 70.6 Å². The van der Waals surface area contributed by atoms with Crippen LogP contribution in [0, 0.1) is 5.92 Å². The summed E-state index contributed by atoms with van der Waals surface area (Å²) in [6.07, 6.45) is 8.33. The lowest BCUT2D eigenvalue weighted by Crippen LogP contribution is -2.41. The van der Waals surface area contributed by atoms with Gasteiger partial charge in [0.25, 0.3) is 5.56 Å². The van der Waals surface area contributed by atoms with Crippen molar-refractivity contribution in [2.75, 3.05) is 13.2 Å². The van der Waals surface area contributed by atoms with Gasteiger partial charge in [0.15, 0.2) is 0 Å². The molecule has 2 aliphatic heterocycles. The number of aromatic nitrogens is 2. The Morgan fingerprint density at radius 3 is 2.92 bits per heavy atom. The zero-order valence-corrected chi connectivity index (χ0v) is 14.8. The highest BCUT2D eigenvalue weighted by Crippen LogP contribution is 2.29. The number of carbonyl (C=O) groups is 1. The van der Waals surface area contributed by atoms with Crippen LogP contribution < -0.4 is 5.56 Å². The quantitative estimate of drug-likeness (QED) is 0.836. The van der Waals surface area contributed by atoms with Crippen LogP contribution >= 0.6 is 0 Å². The van der Waals surface area contributed by atoms with Gasteiger partial charge < -0.3 is 9.64 Å². The number of nitrogens with zero attached hydrogens (tertiary/aromatic N) is 3. The van der Waals surface area contributed by atoms with Gasteiger partial charge in [-0.25, -0.2) is 4.68 Å². The van der Waals surface area contributed by atoms with E-state index in [4.69, 9.17) is 4.74 Å². The first-order valence-electron chi connectivity index (χ1n) is 9.68. The van der Waals surface area contributed by atoms with Gasteiger partial charge in [-0.05, 0) is 31.6 Å². The Morgan fingerprint density at radius 2 is 2.08 bits per heavy atom. The van der Waals surface area contributed by atoms with E-state index in [0.29, 0.717) is 32.1 Å². The lowest BCUT2D eigenvalue weighted by atomic mass is 10.0. The molecule has 1 unspecified atom stereocenters. The normalized spacial score (nSPS) is 23.8. The standard InChI is InChI=1S/C19H27N3O3/c23-18(10-14-4-1-2-5-14)21-8-3-6-16(21)12-22-19(24)11-15-13-25-9-7-17(15)20-22/h11,14,16H,1-10,12-13H2. The summed E-state index contributed by atoms with van der Waals surface area (Å²) in [6.45, 7) is 2.48. The largest absolute Gasteiger partial charge is 0.376 e. The third-order valence-electron chi connectivity index (χ3n) is 5.92. The van der Waals surface area contributed by atoms with E-state index in [1.807, 2.05) is 4.90 Å². The average molecular weight is 345 g/mol. The summed E-state index contributed by atoms with van der Waals surface area (Å²) in [5.74, 6) is 0.840. The fraction of sp³-hybridized carbons (Fsp3) is 0.737. The molecule has 0 aromatic carbocycles. The molecular formula is C19H27N3O3. The highest BCUT2D eigenvalue weighted by molar-refractivity contribution is 5.77. The molecule has 6 heteroatoms. The fourth-order valence-electron chi connectivity index (χ4n) is 4.52. The van der Waals surface area contributed by atoms with Crippen LogP contribution in [0.25, 0.3) is 0 Å². The Morgan fingerprint density at radius 1 is 1.24 bits per heavy atom. The van der Waals surface area contributed by atoms with Gasteiger partial charge in [0.05, 0.1) is 31.5 Å². The second kappa shape index (κ2) is 7.28. The maximum atomic E-state index is 12.7. The molecule has 0 N–H and O–H groups in total. The van der Waals surface area contributed by atoms with Gasteiger partial charge in [0.2, 0.25) is 5.91 Å². The Hall–Kier alpha value is -1.69. The molecule has 1 aliphatic carbocycles. The number of rotatable bonds is 4. The van der Waals surface area contributed by atoms with Crippen molar-refractivity contribution >= 4 is 5.91 Å². The maximum absolute atomic E-state index is 12.7. The molecule has 4 rings (SSSR count). The van der Waals surface area contributed by atoms with Crippen molar-refractivity contribution in [3.8, 4) is 0 Å². The summed E-state index contributed by atoms with van der Waals surface area (Å²) in [5.41, 5.74) is 1.79. The minimum Gasteiger partial charge on any atom is -0.376 e. The lowest BCUT2D eigenvalue weighted by molar-refractivity contribution is -0.133. The van der Waals surface area contributed by atoms with Crippen molar-refractivity contribution < 1.29 is 9.53 Å². The maximum Gasteiger partial charge on any atom is 0.267 e. The van der Waals surface area contributed by atoms with E-state index in [1.54, 1.807) is 10.7 Å². The van der Waals surface area contributed by atoms with Gasteiger partial charge in [-0.1, -0.05) is 12.8 Å². The molecule has 1 saturated carbocycles. The third-order valence-corrected chi connectivity index (χ3v) is 5.92. The Kier molecular flexibility index (Phi) is 4.88. The summed E-state index contributed by atoms with van der Waals surface area (Å²) in [4.78, 5) is 27.1. The smallest absolute Gasteiger partial charge is 0.267 e. The predicted molar refractivity (Wildman–Crippen MR) is 93.2 cm³/mol.